The van der Waals surface area contributed by atoms with Crippen LogP contribution < -0.4 is 10.9 Å². The molecule has 0 radical (unpaired) electrons. The lowest BCUT2D eigenvalue weighted by Gasteiger charge is -2.08. The minimum absolute atomic E-state index is 0.0589. The van der Waals surface area contributed by atoms with Crippen LogP contribution in [0.1, 0.15) is 10.4 Å². The highest BCUT2D eigenvalue weighted by molar-refractivity contribution is 5.99. The maximum atomic E-state index is 12.8. The van der Waals surface area contributed by atoms with Gasteiger partial charge in [0, 0.05) is 18.8 Å². The van der Waals surface area contributed by atoms with Crippen LogP contribution in [0.2, 0.25) is 0 Å². The Balaban J connectivity index is 1.94. The first kappa shape index (κ1) is 13.0. The molecule has 0 saturated carbocycles. The number of fused-ring (bicyclic) bond motifs is 1. The Morgan fingerprint density at radius 2 is 2.05 bits per heavy atom. The molecule has 7 nitrogen and oxygen atoms in total. The lowest BCUT2D eigenvalue weighted by Crippen LogP contribution is -2.33. The number of amides is 1. The largest absolute Gasteiger partial charge is 0.282 e. The van der Waals surface area contributed by atoms with E-state index in [0.29, 0.717) is 11.0 Å². The Morgan fingerprint density at radius 3 is 2.76 bits per heavy atom. The van der Waals surface area contributed by atoms with Gasteiger partial charge in [0.1, 0.15) is 12.1 Å². The van der Waals surface area contributed by atoms with Crippen LogP contribution in [-0.4, -0.2) is 25.3 Å². The maximum Gasteiger partial charge on any atom is 0.270 e. The molecule has 0 atom stereocenters. The lowest BCUT2D eigenvalue weighted by atomic mass is 10.2. The third kappa shape index (κ3) is 2.38. The highest BCUT2D eigenvalue weighted by Crippen LogP contribution is 2.04. The number of halogens is 1. The molecule has 0 aliphatic rings. The summed E-state index contributed by atoms with van der Waals surface area (Å²) in [5.41, 5.74) is 3.29. The van der Waals surface area contributed by atoms with Crippen LogP contribution in [0.25, 0.3) is 11.0 Å². The second-order valence-electron chi connectivity index (χ2n) is 4.45. The number of aryl methyl sites for hydroxylation is 1. The summed E-state index contributed by atoms with van der Waals surface area (Å²) in [5.74, 6) is -0.877. The van der Waals surface area contributed by atoms with Crippen molar-refractivity contribution in [1.29, 1.82) is 5.41 Å². The van der Waals surface area contributed by atoms with Crippen LogP contribution in [0.4, 0.5) is 4.39 Å². The molecular formula is C13H11FN6O. The standard InChI is InChI=1S/C13H11FN6O/c1-19-6-10-11(15)20(7-16-12(10)17-19)18-13(21)8-2-4-9(14)5-3-8/h2-7,15H,1H3,(H,18,21). The second kappa shape index (κ2) is 4.82. The Kier molecular flexibility index (Phi) is 2.98. The van der Waals surface area contributed by atoms with Crippen LogP contribution in [0.15, 0.2) is 36.8 Å². The summed E-state index contributed by atoms with van der Waals surface area (Å²) in [6.07, 6.45) is 2.95. The zero-order chi connectivity index (χ0) is 15.0. The first-order valence-corrected chi connectivity index (χ1v) is 6.07. The van der Waals surface area contributed by atoms with Crippen molar-refractivity contribution in [3.63, 3.8) is 0 Å². The molecule has 106 valence electrons. The monoisotopic (exact) mass is 286 g/mol. The molecule has 2 aromatic heterocycles. The molecular weight excluding hydrogens is 275 g/mol. The van der Waals surface area contributed by atoms with Crippen molar-refractivity contribution in [3.8, 4) is 0 Å². The van der Waals surface area contributed by atoms with E-state index in [9.17, 15) is 9.18 Å². The van der Waals surface area contributed by atoms with Gasteiger partial charge in [0.15, 0.2) is 11.1 Å². The summed E-state index contributed by atoms with van der Waals surface area (Å²) in [6, 6.07) is 5.13. The average molecular weight is 286 g/mol. The van der Waals surface area contributed by atoms with Crippen LogP contribution >= 0.6 is 0 Å². The summed E-state index contributed by atoms with van der Waals surface area (Å²) in [6.45, 7) is 0. The molecule has 3 aromatic rings. The molecule has 0 aliphatic carbocycles. The zero-order valence-electron chi connectivity index (χ0n) is 11.0. The van der Waals surface area contributed by atoms with Crippen LogP contribution in [-0.2, 0) is 7.05 Å². The van der Waals surface area contributed by atoms with Gasteiger partial charge in [0.05, 0.1) is 5.39 Å². The summed E-state index contributed by atoms with van der Waals surface area (Å²) in [5, 5.41) is 12.6. The lowest BCUT2D eigenvalue weighted by molar-refractivity contribution is 0.101. The van der Waals surface area contributed by atoms with Gasteiger partial charge in [0.25, 0.3) is 5.91 Å². The molecule has 2 N–H and O–H groups in total. The first-order valence-electron chi connectivity index (χ1n) is 6.07. The van der Waals surface area contributed by atoms with Crippen molar-refractivity contribution in [3.05, 3.63) is 53.7 Å². The summed E-state index contributed by atoms with van der Waals surface area (Å²) < 4.78 is 15.6. The van der Waals surface area contributed by atoms with E-state index < -0.39 is 11.7 Å². The van der Waals surface area contributed by atoms with E-state index in [4.69, 9.17) is 5.41 Å². The van der Waals surface area contributed by atoms with Gasteiger partial charge >= 0.3 is 0 Å². The van der Waals surface area contributed by atoms with Gasteiger partial charge in [-0.15, -0.1) is 0 Å². The number of aromatic nitrogens is 4. The van der Waals surface area contributed by atoms with Crippen molar-refractivity contribution in [2.75, 3.05) is 5.43 Å². The number of nitrogens with zero attached hydrogens (tertiary/aromatic N) is 4. The topological polar surface area (TPSA) is 88.6 Å². The Bertz CT molecular complexity index is 880. The number of nitrogens with one attached hydrogen (secondary N) is 2. The number of carbonyl (C=O) groups is 1. The second-order valence-corrected chi connectivity index (χ2v) is 4.45. The van der Waals surface area contributed by atoms with Gasteiger partial charge in [-0.1, -0.05) is 0 Å². The maximum absolute atomic E-state index is 12.8. The molecule has 0 fully saturated rings. The van der Waals surface area contributed by atoms with Crippen molar-refractivity contribution in [2.45, 2.75) is 0 Å². The molecule has 2 heterocycles. The molecule has 0 spiro atoms. The zero-order valence-corrected chi connectivity index (χ0v) is 11.0. The van der Waals surface area contributed by atoms with Crippen LogP contribution in [0.5, 0.6) is 0 Å². The summed E-state index contributed by atoms with van der Waals surface area (Å²) in [4.78, 5) is 16.1. The van der Waals surface area contributed by atoms with Crippen LogP contribution in [0.3, 0.4) is 0 Å². The number of benzene rings is 1. The number of hydrogen-bond acceptors (Lipinski definition) is 4. The molecule has 1 amide bonds. The van der Waals surface area contributed by atoms with Crippen molar-refractivity contribution in [2.24, 2.45) is 7.05 Å². The van der Waals surface area contributed by atoms with E-state index in [2.05, 4.69) is 15.5 Å². The Labute approximate surface area is 118 Å². The van der Waals surface area contributed by atoms with E-state index in [-0.39, 0.29) is 11.1 Å². The summed E-state index contributed by atoms with van der Waals surface area (Å²) in [7, 11) is 1.72. The molecule has 0 bridgehead atoms. The fourth-order valence-corrected chi connectivity index (χ4v) is 1.90. The Hall–Kier alpha value is -3.03. The number of rotatable bonds is 2. The molecule has 0 saturated heterocycles. The van der Waals surface area contributed by atoms with Gasteiger partial charge in [-0.05, 0) is 24.3 Å². The number of hydrogen-bond donors (Lipinski definition) is 2. The molecule has 0 unspecified atom stereocenters. The molecule has 3 rings (SSSR count). The third-order valence-corrected chi connectivity index (χ3v) is 2.93. The van der Waals surface area contributed by atoms with Gasteiger partial charge in [0.2, 0.25) is 0 Å². The van der Waals surface area contributed by atoms with Crippen molar-refractivity contribution < 1.29 is 9.18 Å². The van der Waals surface area contributed by atoms with Gasteiger partial charge in [-0.2, -0.15) is 5.10 Å². The predicted molar refractivity (Wildman–Crippen MR) is 72.4 cm³/mol. The number of carbonyl (C=O) groups excluding carboxylic acids is 1. The van der Waals surface area contributed by atoms with Gasteiger partial charge in [-0.25, -0.2) is 14.1 Å². The van der Waals surface area contributed by atoms with E-state index in [1.807, 2.05) is 0 Å². The molecule has 1 aromatic carbocycles. The molecule has 0 aliphatic heterocycles. The van der Waals surface area contributed by atoms with Crippen molar-refractivity contribution >= 4 is 16.9 Å². The first-order chi connectivity index (χ1) is 10.0. The van der Waals surface area contributed by atoms with E-state index in [1.54, 1.807) is 17.9 Å². The fourth-order valence-electron chi connectivity index (χ4n) is 1.90. The minimum atomic E-state index is -0.460. The minimum Gasteiger partial charge on any atom is -0.282 e. The smallest absolute Gasteiger partial charge is 0.270 e. The highest BCUT2D eigenvalue weighted by atomic mass is 19.1. The SMILES string of the molecule is Cn1cc2c(=N)n(NC(=O)c3ccc(F)cc3)cnc2n1. The van der Waals surface area contributed by atoms with Crippen LogP contribution in [0, 0.1) is 11.2 Å². The Morgan fingerprint density at radius 1 is 1.33 bits per heavy atom. The molecule has 8 heteroatoms. The van der Waals surface area contributed by atoms with E-state index in [0.717, 1.165) is 0 Å². The van der Waals surface area contributed by atoms with Crippen molar-refractivity contribution in [1.82, 2.24) is 19.4 Å². The highest BCUT2D eigenvalue weighted by Gasteiger charge is 2.09. The fraction of sp³-hybridized carbons (Fsp3) is 0.0769. The third-order valence-electron chi connectivity index (χ3n) is 2.93. The summed E-state index contributed by atoms with van der Waals surface area (Å²) >= 11 is 0. The normalized spacial score (nSPS) is 10.8. The quantitative estimate of drug-likeness (QED) is 0.729. The van der Waals surface area contributed by atoms with Gasteiger partial charge < -0.3 is 0 Å². The van der Waals surface area contributed by atoms with E-state index >= 15 is 0 Å². The van der Waals surface area contributed by atoms with Gasteiger partial charge in [-0.3, -0.25) is 20.3 Å². The molecule has 21 heavy (non-hydrogen) atoms. The average Bonchev–Trinajstić information content (AvgIpc) is 2.84. The van der Waals surface area contributed by atoms with E-state index in [1.165, 1.54) is 35.3 Å². The predicted octanol–water partition coefficient (Wildman–Crippen LogP) is 0.772.